The number of carbonyl (C=O) groups is 2. The van der Waals surface area contributed by atoms with Crippen LogP contribution in [0.25, 0.3) is 0 Å². The number of benzene rings is 2. The SMILES string of the molecule is CC(=O)Nc1cccc(Nc2ncc(C(N)=O)c(N(C)c3ccc4c(c3)OCO4)n2)c1. The van der Waals surface area contributed by atoms with Crippen molar-refractivity contribution in [1.29, 1.82) is 0 Å². The number of rotatable bonds is 6. The predicted octanol–water partition coefficient (Wildman–Crippen LogP) is 2.77. The van der Waals surface area contributed by atoms with E-state index < -0.39 is 5.91 Å². The minimum atomic E-state index is -0.651. The van der Waals surface area contributed by atoms with Gasteiger partial charge in [0.1, 0.15) is 5.56 Å². The summed E-state index contributed by atoms with van der Waals surface area (Å²) in [5.41, 5.74) is 7.72. The number of anilines is 5. The van der Waals surface area contributed by atoms with E-state index in [0.717, 1.165) is 5.69 Å². The zero-order valence-corrected chi connectivity index (χ0v) is 16.9. The molecule has 0 atom stereocenters. The van der Waals surface area contributed by atoms with Gasteiger partial charge in [-0.1, -0.05) is 6.07 Å². The predicted molar refractivity (Wildman–Crippen MR) is 115 cm³/mol. The van der Waals surface area contributed by atoms with Crippen LogP contribution in [0.4, 0.5) is 28.8 Å². The van der Waals surface area contributed by atoms with Crippen molar-refractivity contribution in [2.45, 2.75) is 6.92 Å². The summed E-state index contributed by atoms with van der Waals surface area (Å²) in [6, 6.07) is 12.5. The van der Waals surface area contributed by atoms with Crippen molar-refractivity contribution in [2.75, 3.05) is 29.4 Å². The molecular weight excluding hydrogens is 400 g/mol. The molecule has 0 radical (unpaired) electrons. The maximum absolute atomic E-state index is 12.0. The average molecular weight is 420 g/mol. The zero-order chi connectivity index (χ0) is 22.0. The Morgan fingerprint density at radius 2 is 1.87 bits per heavy atom. The van der Waals surface area contributed by atoms with Crippen LogP contribution in [0.15, 0.2) is 48.7 Å². The average Bonchev–Trinajstić information content (AvgIpc) is 3.20. The Balaban J connectivity index is 1.65. The molecule has 0 spiro atoms. The van der Waals surface area contributed by atoms with Gasteiger partial charge in [0.2, 0.25) is 18.6 Å². The highest BCUT2D eigenvalue weighted by Crippen LogP contribution is 2.37. The topological polar surface area (TPSA) is 132 Å². The molecule has 0 unspecified atom stereocenters. The number of primary amides is 1. The summed E-state index contributed by atoms with van der Waals surface area (Å²) in [4.78, 5) is 33.7. The van der Waals surface area contributed by atoms with Gasteiger partial charge in [0.15, 0.2) is 17.3 Å². The maximum atomic E-state index is 12.0. The lowest BCUT2D eigenvalue weighted by Gasteiger charge is -2.21. The van der Waals surface area contributed by atoms with E-state index in [2.05, 4.69) is 20.6 Å². The first-order valence-corrected chi connectivity index (χ1v) is 9.35. The van der Waals surface area contributed by atoms with Gasteiger partial charge in [-0.15, -0.1) is 0 Å². The first kappa shape index (κ1) is 20.0. The van der Waals surface area contributed by atoms with Crippen LogP contribution >= 0.6 is 0 Å². The van der Waals surface area contributed by atoms with Crippen molar-refractivity contribution >= 4 is 40.6 Å². The number of nitrogens with zero attached hydrogens (tertiary/aromatic N) is 3. The monoisotopic (exact) mass is 420 g/mol. The Morgan fingerprint density at radius 3 is 2.65 bits per heavy atom. The van der Waals surface area contributed by atoms with E-state index in [0.29, 0.717) is 28.7 Å². The van der Waals surface area contributed by atoms with Gasteiger partial charge in [0, 0.05) is 43.3 Å². The number of nitrogens with one attached hydrogen (secondary N) is 2. The van der Waals surface area contributed by atoms with Crippen molar-refractivity contribution in [1.82, 2.24) is 9.97 Å². The molecule has 0 aliphatic carbocycles. The first-order chi connectivity index (χ1) is 14.9. The van der Waals surface area contributed by atoms with Crippen LogP contribution in [-0.4, -0.2) is 35.6 Å². The van der Waals surface area contributed by atoms with E-state index in [9.17, 15) is 9.59 Å². The lowest BCUT2D eigenvalue weighted by atomic mass is 10.2. The standard InChI is InChI=1S/C21H20N6O4/c1-12(28)24-13-4-3-5-14(8-13)25-21-23-10-16(19(22)29)20(26-21)27(2)15-6-7-17-18(9-15)31-11-30-17/h3-10H,11H2,1-2H3,(H2,22,29)(H,24,28)(H,23,25,26). The van der Waals surface area contributed by atoms with Crippen LogP contribution in [0.1, 0.15) is 17.3 Å². The Bertz CT molecular complexity index is 1170. The van der Waals surface area contributed by atoms with Gasteiger partial charge in [-0.25, -0.2) is 4.98 Å². The minimum absolute atomic E-state index is 0.161. The molecule has 158 valence electrons. The molecule has 4 rings (SSSR count). The number of nitrogens with two attached hydrogens (primary N) is 1. The quantitative estimate of drug-likeness (QED) is 0.555. The summed E-state index contributed by atoms with van der Waals surface area (Å²) < 4.78 is 10.8. The second-order valence-corrected chi connectivity index (χ2v) is 6.78. The van der Waals surface area contributed by atoms with E-state index in [4.69, 9.17) is 15.2 Å². The molecule has 4 N–H and O–H groups in total. The van der Waals surface area contributed by atoms with Crippen molar-refractivity contribution in [3.05, 3.63) is 54.2 Å². The number of amides is 2. The molecule has 0 bridgehead atoms. The van der Waals surface area contributed by atoms with Gasteiger partial charge in [-0.3, -0.25) is 9.59 Å². The fourth-order valence-electron chi connectivity index (χ4n) is 3.09. The summed E-state index contributed by atoms with van der Waals surface area (Å²) in [5.74, 6) is 1.01. The summed E-state index contributed by atoms with van der Waals surface area (Å²) >= 11 is 0. The van der Waals surface area contributed by atoms with Gasteiger partial charge in [-0.05, 0) is 30.3 Å². The number of hydrogen-bond donors (Lipinski definition) is 3. The lowest BCUT2D eigenvalue weighted by molar-refractivity contribution is -0.114. The van der Waals surface area contributed by atoms with E-state index in [1.54, 1.807) is 48.3 Å². The number of carbonyl (C=O) groups excluding carboxylic acids is 2. The summed E-state index contributed by atoms with van der Waals surface area (Å²) in [7, 11) is 1.76. The van der Waals surface area contributed by atoms with Crippen molar-refractivity contribution in [3.63, 3.8) is 0 Å². The molecule has 3 aromatic rings. The van der Waals surface area contributed by atoms with Gasteiger partial charge >= 0.3 is 0 Å². The number of hydrogen-bond acceptors (Lipinski definition) is 8. The van der Waals surface area contributed by atoms with Crippen LogP contribution in [0.5, 0.6) is 11.5 Å². The fourth-order valence-corrected chi connectivity index (χ4v) is 3.09. The van der Waals surface area contributed by atoms with Gasteiger partial charge < -0.3 is 30.7 Å². The maximum Gasteiger partial charge on any atom is 0.254 e. The zero-order valence-electron chi connectivity index (χ0n) is 16.9. The highest BCUT2D eigenvalue weighted by molar-refractivity contribution is 5.98. The van der Waals surface area contributed by atoms with Crippen molar-refractivity contribution < 1.29 is 19.1 Å². The number of ether oxygens (including phenoxy) is 2. The van der Waals surface area contributed by atoms with Gasteiger partial charge in [0.05, 0.1) is 0 Å². The van der Waals surface area contributed by atoms with Crippen LogP contribution in [0.2, 0.25) is 0 Å². The Kier molecular flexibility index (Phi) is 5.27. The summed E-state index contributed by atoms with van der Waals surface area (Å²) in [5, 5.41) is 5.79. The third kappa shape index (κ3) is 4.32. The molecular formula is C21H20N6O4. The largest absolute Gasteiger partial charge is 0.454 e. The van der Waals surface area contributed by atoms with E-state index in [1.165, 1.54) is 13.1 Å². The van der Waals surface area contributed by atoms with Crippen molar-refractivity contribution in [3.8, 4) is 11.5 Å². The summed E-state index contributed by atoms with van der Waals surface area (Å²) in [6.07, 6.45) is 1.37. The molecule has 0 saturated heterocycles. The van der Waals surface area contributed by atoms with Gasteiger partial charge in [0.25, 0.3) is 5.91 Å². The highest BCUT2D eigenvalue weighted by Gasteiger charge is 2.20. The van der Waals surface area contributed by atoms with Crippen LogP contribution < -0.4 is 30.7 Å². The van der Waals surface area contributed by atoms with Crippen LogP contribution in [0, 0.1) is 0 Å². The summed E-state index contributed by atoms with van der Waals surface area (Å²) in [6.45, 7) is 1.60. The van der Waals surface area contributed by atoms with Crippen LogP contribution in [-0.2, 0) is 4.79 Å². The molecule has 10 nitrogen and oxygen atoms in total. The van der Waals surface area contributed by atoms with E-state index >= 15 is 0 Å². The molecule has 2 amide bonds. The second-order valence-electron chi connectivity index (χ2n) is 6.78. The third-order valence-electron chi connectivity index (χ3n) is 4.53. The lowest BCUT2D eigenvalue weighted by Crippen LogP contribution is -2.21. The van der Waals surface area contributed by atoms with Crippen LogP contribution in [0.3, 0.4) is 0 Å². The fraction of sp³-hybridized carbons (Fsp3) is 0.143. The molecule has 1 aliphatic rings. The smallest absolute Gasteiger partial charge is 0.254 e. The van der Waals surface area contributed by atoms with E-state index in [1.807, 2.05) is 6.07 Å². The highest BCUT2D eigenvalue weighted by atomic mass is 16.7. The first-order valence-electron chi connectivity index (χ1n) is 9.35. The number of fused-ring (bicyclic) bond motifs is 1. The molecule has 1 aliphatic heterocycles. The molecule has 0 saturated carbocycles. The Labute approximate surface area is 178 Å². The molecule has 1 aromatic heterocycles. The minimum Gasteiger partial charge on any atom is -0.454 e. The molecule has 31 heavy (non-hydrogen) atoms. The molecule has 2 aromatic carbocycles. The van der Waals surface area contributed by atoms with Gasteiger partial charge in [-0.2, -0.15) is 4.98 Å². The Hall–Kier alpha value is -4.34. The third-order valence-corrected chi connectivity index (χ3v) is 4.53. The van der Waals surface area contributed by atoms with E-state index in [-0.39, 0.29) is 24.2 Å². The molecule has 0 fully saturated rings. The normalized spacial score (nSPS) is 11.7. The van der Waals surface area contributed by atoms with Crippen molar-refractivity contribution in [2.24, 2.45) is 5.73 Å². The molecule has 2 heterocycles. The Morgan fingerprint density at radius 1 is 1.10 bits per heavy atom. The molecule has 10 heteroatoms. The second kappa shape index (κ2) is 8.19. The number of aromatic nitrogens is 2.